The number of rotatable bonds is 2. The minimum atomic E-state index is 0.312. The Morgan fingerprint density at radius 3 is 2.30 bits per heavy atom. The molecule has 20 heavy (non-hydrogen) atoms. The quantitative estimate of drug-likeness (QED) is 0.694. The second-order valence-electron chi connectivity index (χ2n) is 4.54. The molecule has 3 aromatic rings. The van der Waals surface area contributed by atoms with Crippen molar-refractivity contribution in [3.8, 4) is 28.8 Å². The van der Waals surface area contributed by atoms with Crippen LogP contribution in [0.1, 0.15) is 11.3 Å². The molecule has 3 nitrogen and oxygen atoms in total. The largest absolute Gasteiger partial charge is 0.435 e. The lowest BCUT2D eigenvalue weighted by molar-refractivity contribution is 0.588. The summed E-state index contributed by atoms with van der Waals surface area (Å²) in [6, 6.07) is 19.5. The lowest BCUT2D eigenvalue weighted by Crippen LogP contribution is -1.80. The van der Waals surface area contributed by atoms with Crippen LogP contribution >= 0.6 is 0 Å². The van der Waals surface area contributed by atoms with E-state index in [0.717, 1.165) is 11.1 Å². The van der Waals surface area contributed by atoms with Crippen LogP contribution in [0.15, 0.2) is 59.0 Å². The van der Waals surface area contributed by atoms with Crippen molar-refractivity contribution in [1.29, 1.82) is 5.26 Å². The Bertz CT molecular complexity index is 765. The first-order valence-corrected chi connectivity index (χ1v) is 6.31. The van der Waals surface area contributed by atoms with Gasteiger partial charge in [-0.05, 0) is 19.1 Å². The van der Waals surface area contributed by atoms with Gasteiger partial charge in [0.15, 0.2) is 11.5 Å². The molecule has 96 valence electrons. The Hall–Kier alpha value is -2.86. The van der Waals surface area contributed by atoms with E-state index >= 15 is 0 Å². The van der Waals surface area contributed by atoms with Crippen molar-refractivity contribution in [3.05, 3.63) is 65.9 Å². The molecular weight excluding hydrogens is 248 g/mol. The molecule has 1 aromatic heterocycles. The number of benzene rings is 2. The summed E-state index contributed by atoms with van der Waals surface area (Å²) in [5.74, 6) is 0.990. The maximum atomic E-state index is 9.21. The Balaban J connectivity index is 2.10. The molecule has 0 spiro atoms. The maximum absolute atomic E-state index is 9.21. The highest BCUT2D eigenvalue weighted by Crippen LogP contribution is 2.29. The monoisotopic (exact) mass is 260 g/mol. The van der Waals surface area contributed by atoms with E-state index in [2.05, 4.69) is 11.1 Å². The SMILES string of the molecule is Cc1ccc(-c2nc(C#N)c(-c3ccccc3)o2)cc1. The summed E-state index contributed by atoms with van der Waals surface area (Å²) >= 11 is 0. The van der Waals surface area contributed by atoms with Crippen molar-refractivity contribution >= 4 is 0 Å². The topological polar surface area (TPSA) is 49.8 Å². The molecule has 3 rings (SSSR count). The molecule has 3 heteroatoms. The summed E-state index contributed by atoms with van der Waals surface area (Å²) < 4.78 is 5.78. The van der Waals surface area contributed by atoms with Crippen molar-refractivity contribution in [1.82, 2.24) is 4.98 Å². The Morgan fingerprint density at radius 2 is 1.65 bits per heavy atom. The van der Waals surface area contributed by atoms with E-state index in [1.54, 1.807) is 0 Å². The third-order valence-electron chi connectivity index (χ3n) is 3.07. The van der Waals surface area contributed by atoms with Crippen LogP contribution in [0.25, 0.3) is 22.8 Å². The van der Waals surface area contributed by atoms with Crippen molar-refractivity contribution in [3.63, 3.8) is 0 Å². The second-order valence-corrected chi connectivity index (χ2v) is 4.54. The van der Waals surface area contributed by atoms with Crippen molar-refractivity contribution in [2.75, 3.05) is 0 Å². The molecule has 1 heterocycles. The molecule has 0 atom stereocenters. The summed E-state index contributed by atoms with van der Waals surface area (Å²) in [6.45, 7) is 2.02. The summed E-state index contributed by atoms with van der Waals surface area (Å²) in [5, 5.41) is 9.21. The minimum absolute atomic E-state index is 0.312. The molecule has 0 aliphatic heterocycles. The van der Waals surface area contributed by atoms with E-state index in [0.29, 0.717) is 17.3 Å². The summed E-state index contributed by atoms with van der Waals surface area (Å²) in [7, 11) is 0. The van der Waals surface area contributed by atoms with Gasteiger partial charge in [0.25, 0.3) is 0 Å². The zero-order valence-electron chi connectivity index (χ0n) is 11.0. The molecule has 0 radical (unpaired) electrons. The van der Waals surface area contributed by atoms with Gasteiger partial charge in [-0.25, -0.2) is 0 Å². The lowest BCUT2D eigenvalue weighted by atomic mass is 10.1. The Labute approximate surface area is 117 Å². The first kappa shape index (κ1) is 12.2. The molecule has 0 fully saturated rings. The van der Waals surface area contributed by atoms with E-state index < -0.39 is 0 Å². The summed E-state index contributed by atoms with van der Waals surface area (Å²) in [6.07, 6.45) is 0. The van der Waals surface area contributed by atoms with E-state index in [1.807, 2.05) is 61.5 Å². The fraction of sp³-hybridized carbons (Fsp3) is 0.0588. The molecule has 2 aromatic carbocycles. The van der Waals surface area contributed by atoms with Crippen LogP contribution in [-0.2, 0) is 0 Å². The van der Waals surface area contributed by atoms with Crippen LogP contribution in [0.5, 0.6) is 0 Å². The zero-order valence-corrected chi connectivity index (χ0v) is 11.0. The number of nitrogens with zero attached hydrogens (tertiary/aromatic N) is 2. The normalized spacial score (nSPS) is 10.2. The molecule has 0 bridgehead atoms. The van der Waals surface area contributed by atoms with Crippen LogP contribution < -0.4 is 0 Å². The fourth-order valence-electron chi connectivity index (χ4n) is 2.00. The standard InChI is InChI=1S/C17H12N2O/c1-12-7-9-14(10-8-12)17-19-15(11-18)16(20-17)13-5-3-2-4-6-13/h2-10H,1H3. The van der Waals surface area contributed by atoms with Gasteiger partial charge in [0.2, 0.25) is 5.89 Å². The van der Waals surface area contributed by atoms with Crippen LogP contribution in [0.4, 0.5) is 0 Å². The number of oxazole rings is 1. The van der Waals surface area contributed by atoms with Gasteiger partial charge >= 0.3 is 0 Å². The van der Waals surface area contributed by atoms with E-state index in [1.165, 1.54) is 5.56 Å². The van der Waals surface area contributed by atoms with Crippen molar-refractivity contribution < 1.29 is 4.42 Å². The highest BCUT2D eigenvalue weighted by molar-refractivity contribution is 5.66. The molecule has 0 aliphatic rings. The number of aromatic nitrogens is 1. The van der Waals surface area contributed by atoms with E-state index in [-0.39, 0.29) is 0 Å². The second kappa shape index (κ2) is 5.02. The maximum Gasteiger partial charge on any atom is 0.228 e. The van der Waals surface area contributed by atoms with Gasteiger partial charge in [-0.1, -0.05) is 48.0 Å². The van der Waals surface area contributed by atoms with Gasteiger partial charge in [-0.15, -0.1) is 0 Å². The molecular formula is C17H12N2O. The highest BCUT2D eigenvalue weighted by atomic mass is 16.4. The molecule has 0 aliphatic carbocycles. The van der Waals surface area contributed by atoms with Gasteiger partial charge in [0, 0.05) is 11.1 Å². The summed E-state index contributed by atoms with van der Waals surface area (Å²) in [4.78, 5) is 4.28. The van der Waals surface area contributed by atoms with Crippen LogP contribution in [-0.4, -0.2) is 4.98 Å². The van der Waals surface area contributed by atoms with Gasteiger partial charge in [0.05, 0.1) is 0 Å². The van der Waals surface area contributed by atoms with Crippen molar-refractivity contribution in [2.45, 2.75) is 6.92 Å². The first-order valence-electron chi connectivity index (χ1n) is 6.31. The molecule has 0 saturated heterocycles. The molecule has 0 amide bonds. The van der Waals surface area contributed by atoms with Gasteiger partial charge in [-0.3, -0.25) is 0 Å². The highest BCUT2D eigenvalue weighted by Gasteiger charge is 2.15. The van der Waals surface area contributed by atoms with Gasteiger partial charge in [-0.2, -0.15) is 10.2 Å². The van der Waals surface area contributed by atoms with E-state index in [9.17, 15) is 5.26 Å². The smallest absolute Gasteiger partial charge is 0.228 e. The predicted octanol–water partition coefficient (Wildman–Crippen LogP) is 4.19. The number of hydrogen-bond acceptors (Lipinski definition) is 3. The predicted molar refractivity (Wildman–Crippen MR) is 76.8 cm³/mol. The zero-order chi connectivity index (χ0) is 13.9. The summed E-state index contributed by atoms with van der Waals surface area (Å²) in [5.41, 5.74) is 3.21. The lowest BCUT2D eigenvalue weighted by Gasteiger charge is -1.97. The number of hydrogen-bond donors (Lipinski definition) is 0. The van der Waals surface area contributed by atoms with E-state index in [4.69, 9.17) is 4.42 Å². The van der Waals surface area contributed by atoms with Crippen LogP contribution in [0, 0.1) is 18.3 Å². The fourth-order valence-corrected chi connectivity index (χ4v) is 2.00. The minimum Gasteiger partial charge on any atom is -0.435 e. The Morgan fingerprint density at radius 1 is 0.950 bits per heavy atom. The first-order chi connectivity index (χ1) is 9.78. The molecule has 0 N–H and O–H groups in total. The average Bonchev–Trinajstić information content (AvgIpc) is 2.93. The van der Waals surface area contributed by atoms with Gasteiger partial charge in [0.1, 0.15) is 6.07 Å². The van der Waals surface area contributed by atoms with Crippen LogP contribution in [0.3, 0.4) is 0 Å². The average molecular weight is 260 g/mol. The van der Waals surface area contributed by atoms with Crippen LogP contribution in [0.2, 0.25) is 0 Å². The third-order valence-corrected chi connectivity index (χ3v) is 3.07. The third kappa shape index (κ3) is 2.19. The molecule has 0 saturated carbocycles. The number of nitriles is 1. The number of aryl methyl sites for hydroxylation is 1. The van der Waals surface area contributed by atoms with Crippen molar-refractivity contribution in [2.24, 2.45) is 0 Å². The van der Waals surface area contributed by atoms with Gasteiger partial charge < -0.3 is 4.42 Å². The Kier molecular flexibility index (Phi) is 3.06. The molecule has 0 unspecified atom stereocenters.